The maximum atomic E-state index is 10.4. The van der Waals surface area contributed by atoms with Crippen molar-refractivity contribution in [3.8, 4) is 0 Å². The van der Waals surface area contributed by atoms with Crippen LogP contribution in [0, 0.1) is 10.8 Å². The van der Waals surface area contributed by atoms with Crippen LogP contribution < -0.4 is 20.4 Å². The van der Waals surface area contributed by atoms with Crippen molar-refractivity contribution >= 4 is 23.9 Å². The molecule has 0 aliphatic heterocycles. The molecule has 0 heterocycles. The summed E-state index contributed by atoms with van der Waals surface area (Å²) in [4.78, 5) is 41.6. The van der Waals surface area contributed by atoms with E-state index in [0.717, 1.165) is 0 Å². The molecule has 0 atom stereocenters. The van der Waals surface area contributed by atoms with E-state index in [0.29, 0.717) is 0 Å². The van der Waals surface area contributed by atoms with Crippen LogP contribution in [0.1, 0.15) is 53.4 Å². The molecule has 0 fully saturated rings. The Morgan fingerprint density at radius 1 is 0.542 bits per heavy atom. The van der Waals surface area contributed by atoms with Gasteiger partial charge in [0.05, 0.1) is 23.9 Å². The van der Waals surface area contributed by atoms with E-state index >= 15 is 0 Å². The molecule has 0 unspecified atom stereocenters. The van der Waals surface area contributed by atoms with Gasteiger partial charge in [-0.15, -0.1) is 0 Å². The van der Waals surface area contributed by atoms with Gasteiger partial charge in [0.2, 0.25) is 0 Å². The summed E-state index contributed by atoms with van der Waals surface area (Å²) in [7, 11) is 0. The van der Waals surface area contributed by atoms with Gasteiger partial charge in [-0.2, -0.15) is 0 Å². The monoisotopic (exact) mass is 444 g/mol. The van der Waals surface area contributed by atoms with Gasteiger partial charge in [-0.1, -0.05) is 27.7 Å². The molecule has 0 aliphatic rings. The Labute approximate surface area is 166 Å². The first-order valence-electron chi connectivity index (χ1n) is 6.88. The Morgan fingerprint density at radius 3 is 0.667 bits per heavy atom. The van der Waals surface area contributed by atoms with Gasteiger partial charge in [-0.05, 0) is 25.7 Å². The van der Waals surface area contributed by atoms with Crippen LogP contribution in [0.2, 0.25) is 0 Å². The normalized spacial score (nSPS) is 10.2. The van der Waals surface area contributed by atoms with Crippen molar-refractivity contribution in [2.24, 2.45) is 10.8 Å². The molecule has 24 heavy (non-hydrogen) atoms. The van der Waals surface area contributed by atoms with E-state index < -0.39 is 34.7 Å². The van der Waals surface area contributed by atoms with Crippen LogP contribution in [-0.4, -0.2) is 23.9 Å². The van der Waals surface area contributed by atoms with Crippen LogP contribution in [-0.2, 0) is 58.1 Å². The van der Waals surface area contributed by atoms with Crippen LogP contribution in [0.15, 0.2) is 0 Å². The van der Waals surface area contributed by atoms with Gasteiger partial charge in [-0.3, -0.25) is 0 Å². The van der Waals surface area contributed by atoms with Gasteiger partial charge in [0.25, 0.3) is 0 Å². The third kappa shape index (κ3) is 6.94. The van der Waals surface area contributed by atoms with E-state index in [1.807, 2.05) is 0 Å². The molecule has 0 bridgehead atoms. The van der Waals surface area contributed by atoms with Crippen LogP contribution in [0.3, 0.4) is 0 Å². The molecule has 0 saturated carbocycles. The molecule has 0 saturated heterocycles. The van der Waals surface area contributed by atoms with Crippen LogP contribution >= 0.6 is 0 Å². The minimum atomic E-state index is -1.81. The second kappa shape index (κ2) is 13.4. The molecule has 0 N–H and O–H groups in total. The topological polar surface area (TPSA) is 161 Å². The molecular formula is C14H20O8Zn2. The van der Waals surface area contributed by atoms with Crippen molar-refractivity contribution in [2.75, 3.05) is 0 Å². The third-order valence-corrected chi connectivity index (χ3v) is 3.98. The van der Waals surface area contributed by atoms with Crippen LogP contribution in [0.4, 0.5) is 0 Å². The summed E-state index contributed by atoms with van der Waals surface area (Å²) < 4.78 is 0. The van der Waals surface area contributed by atoms with Gasteiger partial charge in [-0.25, -0.2) is 0 Å². The zero-order valence-corrected chi connectivity index (χ0v) is 20.4. The number of hydrogen-bond acceptors (Lipinski definition) is 8. The first-order valence-corrected chi connectivity index (χ1v) is 6.88. The first kappa shape index (κ1) is 31.0. The van der Waals surface area contributed by atoms with Crippen LogP contribution in [0.25, 0.3) is 0 Å². The number of carbonyl (C=O) groups excluding carboxylic acids is 4. The fraction of sp³-hybridized carbons (Fsp3) is 0.714. The molecule has 0 amide bonds. The molecule has 0 aromatic rings. The molecular weight excluding hydrogens is 427 g/mol. The van der Waals surface area contributed by atoms with E-state index in [1.54, 1.807) is 0 Å². The Bertz CT molecular complexity index is 356. The largest absolute Gasteiger partial charge is 2.00 e. The van der Waals surface area contributed by atoms with Crippen molar-refractivity contribution < 1.29 is 78.6 Å². The van der Waals surface area contributed by atoms with Crippen molar-refractivity contribution in [3.05, 3.63) is 0 Å². The SMILES string of the molecule is CCC(CC)(C(=O)[O-])C(=O)[O-].CCC(CC)(C(=O)[O-])C(=O)[O-].[Zn+2].[Zn+2]. The van der Waals surface area contributed by atoms with E-state index in [9.17, 15) is 39.6 Å². The summed E-state index contributed by atoms with van der Waals surface area (Å²) in [6.45, 7) is 5.92. The summed E-state index contributed by atoms with van der Waals surface area (Å²) in [6, 6.07) is 0. The average Bonchev–Trinajstić information content (AvgIpc) is 2.41. The van der Waals surface area contributed by atoms with Crippen molar-refractivity contribution in [3.63, 3.8) is 0 Å². The zero-order chi connectivity index (χ0) is 18.1. The predicted octanol–water partition coefficient (Wildman–Crippen LogP) is -3.42. The predicted molar refractivity (Wildman–Crippen MR) is 66.1 cm³/mol. The first-order chi connectivity index (χ1) is 10.0. The van der Waals surface area contributed by atoms with E-state index in [-0.39, 0.29) is 64.6 Å². The summed E-state index contributed by atoms with van der Waals surface area (Å²) >= 11 is 0. The van der Waals surface area contributed by atoms with Gasteiger partial charge in [0.1, 0.15) is 0 Å². The number of rotatable bonds is 8. The summed E-state index contributed by atoms with van der Waals surface area (Å²) in [5, 5.41) is 41.6. The van der Waals surface area contributed by atoms with Gasteiger partial charge in [0.15, 0.2) is 0 Å². The molecule has 0 aromatic heterocycles. The van der Waals surface area contributed by atoms with Crippen molar-refractivity contribution in [1.29, 1.82) is 0 Å². The molecule has 0 rings (SSSR count). The maximum Gasteiger partial charge on any atom is 2.00 e. The van der Waals surface area contributed by atoms with E-state index in [2.05, 4.69) is 0 Å². The maximum absolute atomic E-state index is 10.4. The second-order valence-electron chi connectivity index (χ2n) is 4.73. The Morgan fingerprint density at radius 2 is 0.667 bits per heavy atom. The minimum Gasteiger partial charge on any atom is -0.549 e. The smallest absolute Gasteiger partial charge is 0.549 e. The quantitative estimate of drug-likeness (QED) is 0.275. The molecule has 0 aromatic carbocycles. The number of carbonyl (C=O) groups is 4. The van der Waals surface area contributed by atoms with Gasteiger partial charge >= 0.3 is 39.0 Å². The average molecular weight is 447 g/mol. The number of aliphatic carboxylic acids is 4. The molecule has 10 heteroatoms. The zero-order valence-electron chi connectivity index (χ0n) is 14.5. The van der Waals surface area contributed by atoms with Crippen LogP contribution in [0.5, 0.6) is 0 Å². The number of carboxylic acid groups (broad SMARTS) is 4. The standard InChI is InChI=1S/2C7H12O4.2Zn/c2*1-3-7(4-2,5(8)9)6(10)11;;/h2*3-4H2,1-2H3,(H,8,9)(H,10,11);;/q;;2*+2/p-4. The van der Waals surface area contributed by atoms with E-state index in [4.69, 9.17) is 0 Å². The molecule has 0 aliphatic carbocycles. The fourth-order valence-electron chi connectivity index (χ4n) is 1.82. The van der Waals surface area contributed by atoms with Gasteiger partial charge < -0.3 is 39.6 Å². The fourth-order valence-corrected chi connectivity index (χ4v) is 1.82. The van der Waals surface area contributed by atoms with Crippen molar-refractivity contribution in [1.82, 2.24) is 0 Å². The minimum absolute atomic E-state index is 0. The molecule has 0 radical (unpaired) electrons. The molecule has 128 valence electrons. The Hall–Kier alpha value is -0.873. The number of hydrogen-bond donors (Lipinski definition) is 0. The van der Waals surface area contributed by atoms with Gasteiger partial charge in [0, 0.05) is 10.8 Å². The number of carboxylic acids is 4. The second-order valence-corrected chi connectivity index (χ2v) is 4.73. The summed E-state index contributed by atoms with van der Waals surface area (Å²) in [5.74, 6) is -6.27. The summed E-state index contributed by atoms with van der Waals surface area (Å²) in [6.07, 6.45) is -0.0231. The third-order valence-electron chi connectivity index (χ3n) is 3.98. The Kier molecular flexibility index (Phi) is 17.3. The summed E-state index contributed by atoms with van der Waals surface area (Å²) in [5.41, 5.74) is -3.61. The molecule has 8 nitrogen and oxygen atoms in total. The Balaban J connectivity index is -0.000000154. The van der Waals surface area contributed by atoms with Crippen molar-refractivity contribution in [2.45, 2.75) is 53.4 Å². The molecule has 0 spiro atoms. The van der Waals surface area contributed by atoms with E-state index in [1.165, 1.54) is 27.7 Å².